The van der Waals surface area contributed by atoms with E-state index in [-0.39, 0.29) is 19.1 Å². The summed E-state index contributed by atoms with van der Waals surface area (Å²) in [4.78, 5) is 4.17. The van der Waals surface area contributed by atoms with E-state index < -0.39 is 0 Å². The van der Waals surface area contributed by atoms with E-state index in [1.165, 1.54) is 5.56 Å². The fraction of sp³-hybridized carbons (Fsp3) is 0.500. The van der Waals surface area contributed by atoms with Gasteiger partial charge >= 0.3 is 0 Å². The van der Waals surface area contributed by atoms with Gasteiger partial charge in [0.1, 0.15) is 0 Å². The van der Waals surface area contributed by atoms with Gasteiger partial charge in [0.2, 0.25) is 0 Å². The smallest absolute Gasteiger partial charge is 0.0537 e. The number of aliphatic hydroxyl groups is 2. The number of aliphatic hydroxyl groups excluding tert-OH is 2. The van der Waals surface area contributed by atoms with Crippen molar-refractivity contribution in [1.82, 2.24) is 4.98 Å². The lowest BCUT2D eigenvalue weighted by atomic mass is 10.1. The molecule has 0 amide bonds. The molecule has 0 aliphatic carbocycles. The summed E-state index contributed by atoms with van der Waals surface area (Å²) in [5, 5.41) is 17.8. The SMILES string of the molecule is CCc1ccc(C(CO)CO)nc1. The molecule has 0 atom stereocenters. The van der Waals surface area contributed by atoms with Gasteiger partial charge in [0.05, 0.1) is 13.2 Å². The average molecular weight is 181 g/mol. The van der Waals surface area contributed by atoms with Crippen LogP contribution in [-0.2, 0) is 6.42 Å². The largest absolute Gasteiger partial charge is 0.396 e. The van der Waals surface area contributed by atoms with Gasteiger partial charge in [0, 0.05) is 17.8 Å². The number of hydrogen-bond donors (Lipinski definition) is 2. The van der Waals surface area contributed by atoms with Crippen LogP contribution in [0, 0.1) is 0 Å². The van der Waals surface area contributed by atoms with Crippen molar-refractivity contribution in [2.24, 2.45) is 0 Å². The minimum absolute atomic E-state index is 0.0605. The van der Waals surface area contributed by atoms with E-state index in [0.717, 1.165) is 12.1 Å². The van der Waals surface area contributed by atoms with Crippen LogP contribution in [0.15, 0.2) is 18.3 Å². The monoisotopic (exact) mass is 181 g/mol. The molecule has 0 fully saturated rings. The third-order valence-corrected chi connectivity index (χ3v) is 2.11. The molecule has 3 heteroatoms. The lowest BCUT2D eigenvalue weighted by Crippen LogP contribution is -2.10. The van der Waals surface area contributed by atoms with E-state index in [1.54, 1.807) is 6.20 Å². The predicted molar refractivity (Wildman–Crippen MR) is 50.5 cm³/mol. The Balaban J connectivity index is 2.78. The molecule has 1 aromatic rings. The summed E-state index contributed by atoms with van der Waals surface area (Å²) < 4.78 is 0. The maximum Gasteiger partial charge on any atom is 0.0537 e. The highest BCUT2D eigenvalue weighted by Gasteiger charge is 2.09. The van der Waals surface area contributed by atoms with Gasteiger partial charge in [-0.1, -0.05) is 13.0 Å². The maximum atomic E-state index is 8.91. The summed E-state index contributed by atoms with van der Waals surface area (Å²) >= 11 is 0. The summed E-state index contributed by atoms with van der Waals surface area (Å²) in [6, 6.07) is 3.83. The van der Waals surface area contributed by atoms with E-state index in [0.29, 0.717) is 0 Å². The normalized spacial score (nSPS) is 10.8. The first-order valence-corrected chi connectivity index (χ1v) is 4.48. The van der Waals surface area contributed by atoms with Crippen molar-refractivity contribution in [1.29, 1.82) is 0 Å². The zero-order valence-electron chi connectivity index (χ0n) is 7.77. The molecule has 2 N–H and O–H groups in total. The number of aryl methyl sites for hydroxylation is 1. The quantitative estimate of drug-likeness (QED) is 0.719. The summed E-state index contributed by atoms with van der Waals surface area (Å²) in [5.41, 5.74) is 1.92. The Morgan fingerprint density at radius 3 is 2.38 bits per heavy atom. The first-order valence-electron chi connectivity index (χ1n) is 4.48. The standard InChI is InChI=1S/C10H15NO2/c1-2-8-3-4-10(11-5-8)9(6-12)7-13/h3-5,9,12-13H,2,6-7H2,1H3. The van der Waals surface area contributed by atoms with Crippen LogP contribution in [0.25, 0.3) is 0 Å². The molecule has 1 heterocycles. The van der Waals surface area contributed by atoms with Crippen LogP contribution in [0.3, 0.4) is 0 Å². The number of rotatable bonds is 4. The van der Waals surface area contributed by atoms with E-state index >= 15 is 0 Å². The number of pyridine rings is 1. The molecule has 0 aliphatic rings. The van der Waals surface area contributed by atoms with Crippen molar-refractivity contribution in [2.75, 3.05) is 13.2 Å². The van der Waals surface area contributed by atoms with Crippen LogP contribution in [0.2, 0.25) is 0 Å². The summed E-state index contributed by atoms with van der Waals surface area (Å²) in [6.45, 7) is 1.94. The van der Waals surface area contributed by atoms with Crippen LogP contribution < -0.4 is 0 Å². The predicted octanol–water partition coefficient (Wildman–Crippen LogP) is 0.712. The third-order valence-electron chi connectivity index (χ3n) is 2.11. The molecular formula is C10H15NO2. The molecule has 0 spiro atoms. The molecular weight excluding hydrogens is 166 g/mol. The minimum atomic E-state index is -0.245. The first-order chi connectivity index (χ1) is 6.31. The second-order valence-corrected chi connectivity index (χ2v) is 3.01. The molecule has 1 aromatic heterocycles. The zero-order valence-corrected chi connectivity index (χ0v) is 7.77. The van der Waals surface area contributed by atoms with Crippen molar-refractivity contribution in [3.8, 4) is 0 Å². The first kappa shape index (κ1) is 10.2. The summed E-state index contributed by atoms with van der Waals surface area (Å²) in [6.07, 6.45) is 2.74. The van der Waals surface area contributed by atoms with E-state index in [1.807, 2.05) is 12.1 Å². The van der Waals surface area contributed by atoms with Gasteiger partial charge in [-0.15, -0.1) is 0 Å². The molecule has 0 aromatic carbocycles. The molecule has 0 bridgehead atoms. The molecule has 0 unspecified atom stereocenters. The van der Waals surface area contributed by atoms with Gasteiger partial charge in [0.15, 0.2) is 0 Å². The zero-order chi connectivity index (χ0) is 9.68. The van der Waals surface area contributed by atoms with Crippen molar-refractivity contribution in [2.45, 2.75) is 19.3 Å². The Hall–Kier alpha value is -0.930. The van der Waals surface area contributed by atoms with Gasteiger partial charge in [-0.25, -0.2) is 0 Å². The lowest BCUT2D eigenvalue weighted by molar-refractivity contribution is 0.190. The topological polar surface area (TPSA) is 53.4 Å². The van der Waals surface area contributed by atoms with Crippen LogP contribution in [0.4, 0.5) is 0 Å². The molecule has 0 saturated carbocycles. The van der Waals surface area contributed by atoms with Crippen LogP contribution >= 0.6 is 0 Å². The van der Waals surface area contributed by atoms with E-state index in [4.69, 9.17) is 10.2 Å². The second-order valence-electron chi connectivity index (χ2n) is 3.01. The van der Waals surface area contributed by atoms with Crippen LogP contribution in [-0.4, -0.2) is 28.4 Å². The van der Waals surface area contributed by atoms with Crippen molar-refractivity contribution in [3.05, 3.63) is 29.6 Å². The van der Waals surface area contributed by atoms with Gasteiger partial charge in [-0.2, -0.15) is 0 Å². The van der Waals surface area contributed by atoms with Crippen LogP contribution in [0.5, 0.6) is 0 Å². The van der Waals surface area contributed by atoms with Gasteiger partial charge in [0.25, 0.3) is 0 Å². The van der Waals surface area contributed by atoms with Crippen molar-refractivity contribution in [3.63, 3.8) is 0 Å². The summed E-state index contributed by atoms with van der Waals surface area (Å²) in [7, 11) is 0. The van der Waals surface area contributed by atoms with Gasteiger partial charge < -0.3 is 10.2 Å². The summed E-state index contributed by atoms with van der Waals surface area (Å²) in [5.74, 6) is -0.245. The Morgan fingerprint density at radius 2 is 2.00 bits per heavy atom. The average Bonchev–Trinajstić information content (AvgIpc) is 2.21. The molecule has 0 aliphatic heterocycles. The van der Waals surface area contributed by atoms with Gasteiger partial charge in [-0.3, -0.25) is 4.98 Å². The molecule has 0 saturated heterocycles. The van der Waals surface area contributed by atoms with Crippen LogP contribution in [0.1, 0.15) is 24.1 Å². The molecule has 3 nitrogen and oxygen atoms in total. The van der Waals surface area contributed by atoms with Gasteiger partial charge in [-0.05, 0) is 18.1 Å². The van der Waals surface area contributed by atoms with E-state index in [9.17, 15) is 0 Å². The molecule has 1 rings (SSSR count). The number of hydrogen-bond acceptors (Lipinski definition) is 3. The Labute approximate surface area is 78.1 Å². The minimum Gasteiger partial charge on any atom is -0.396 e. The fourth-order valence-corrected chi connectivity index (χ4v) is 1.13. The van der Waals surface area contributed by atoms with Crippen molar-refractivity contribution < 1.29 is 10.2 Å². The highest BCUT2D eigenvalue weighted by atomic mass is 16.3. The third kappa shape index (κ3) is 2.50. The molecule has 72 valence electrons. The number of nitrogens with zero attached hydrogens (tertiary/aromatic N) is 1. The highest BCUT2D eigenvalue weighted by molar-refractivity contribution is 5.16. The second kappa shape index (κ2) is 4.94. The fourth-order valence-electron chi connectivity index (χ4n) is 1.13. The molecule has 13 heavy (non-hydrogen) atoms. The molecule has 0 radical (unpaired) electrons. The lowest BCUT2D eigenvalue weighted by Gasteiger charge is -2.09. The Bertz CT molecular complexity index is 242. The number of aromatic nitrogens is 1. The Morgan fingerprint density at radius 1 is 1.31 bits per heavy atom. The Kier molecular flexibility index (Phi) is 3.86. The maximum absolute atomic E-state index is 8.91. The van der Waals surface area contributed by atoms with E-state index in [2.05, 4.69) is 11.9 Å². The van der Waals surface area contributed by atoms with Crippen molar-refractivity contribution >= 4 is 0 Å². The highest BCUT2D eigenvalue weighted by Crippen LogP contribution is 2.12.